The number of hydrogen-bond donors (Lipinski definition) is 2. The largest absolute Gasteiger partial charge is 0.489 e. The average molecular weight is 288 g/mol. The zero-order valence-electron chi connectivity index (χ0n) is 11.7. The van der Waals surface area contributed by atoms with Crippen LogP contribution in [0, 0.1) is 0 Å². The first-order valence-electron chi connectivity index (χ1n) is 7.06. The van der Waals surface area contributed by atoms with E-state index in [4.69, 9.17) is 0 Å². The lowest BCUT2D eigenvalue weighted by Gasteiger charge is -2.07. The monoisotopic (exact) mass is 288 g/mol. The molecule has 0 atom stereocenters. The van der Waals surface area contributed by atoms with Gasteiger partial charge in [0.1, 0.15) is 0 Å². The fraction of sp³-hybridized carbons (Fsp3) is 0. The summed E-state index contributed by atoms with van der Waals surface area (Å²) in [4.78, 5) is 4.19. The smallest absolute Gasteiger partial charge is 0.423 e. The fourth-order valence-corrected chi connectivity index (χ4v) is 3.03. The van der Waals surface area contributed by atoms with Crippen molar-refractivity contribution < 1.29 is 10.0 Å². The molecule has 5 heteroatoms. The van der Waals surface area contributed by atoms with Gasteiger partial charge in [0.05, 0.1) is 22.9 Å². The van der Waals surface area contributed by atoms with Crippen molar-refractivity contribution in [2.24, 2.45) is 0 Å². The van der Waals surface area contributed by atoms with Gasteiger partial charge in [-0.3, -0.25) is 4.98 Å². The number of rotatable bonds is 2. The summed E-state index contributed by atoms with van der Waals surface area (Å²) < 4.78 is 2.09. The molecule has 106 valence electrons. The second-order valence-corrected chi connectivity index (χ2v) is 5.18. The van der Waals surface area contributed by atoms with E-state index in [1.54, 1.807) is 18.5 Å². The minimum atomic E-state index is -1.50. The summed E-state index contributed by atoms with van der Waals surface area (Å²) >= 11 is 0. The van der Waals surface area contributed by atoms with Gasteiger partial charge in [0.25, 0.3) is 0 Å². The zero-order valence-corrected chi connectivity index (χ0v) is 11.7. The highest BCUT2D eigenvalue weighted by Gasteiger charge is 2.20. The molecule has 0 saturated carbocycles. The van der Waals surface area contributed by atoms with Crippen molar-refractivity contribution in [1.82, 2.24) is 9.55 Å². The highest BCUT2D eigenvalue weighted by molar-refractivity contribution is 6.63. The molecule has 0 aliphatic rings. The van der Waals surface area contributed by atoms with Crippen LogP contribution in [0.15, 0.2) is 67.0 Å². The van der Waals surface area contributed by atoms with Crippen molar-refractivity contribution in [3.05, 3.63) is 67.0 Å². The van der Waals surface area contributed by atoms with Crippen molar-refractivity contribution in [2.45, 2.75) is 0 Å². The van der Waals surface area contributed by atoms with Gasteiger partial charge in [-0.05, 0) is 29.7 Å². The van der Waals surface area contributed by atoms with Gasteiger partial charge in [-0.1, -0.05) is 30.3 Å². The number of para-hydroxylation sites is 1. The van der Waals surface area contributed by atoms with E-state index in [9.17, 15) is 10.0 Å². The Bertz CT molecular complexity index is 964. The molecule has 0 amide bonds. The first-order chi connectivity index (χ1) is 10.8. The van der Waals surface area contributed by atoms with Crippen molar-refractivity contribution in [3.8, 4) is 5.69 Å². The summed E-state index contributed by atoms with van der Waals surface area (Å²) in [7, 11) is -1.50. The molecular weight excluding hydrogens is 275 g/mol. The first kappa shape index (κ1) is 13.1. The van der Waals surface area contributed by atoms with Crippen LogP contribution in [0.3, 0.4) is 0 Å². The van der Waals surface area contributed by atoms with Crippen molar-refractivity contribution in [3.63, 3.8) is 0 Å². The van der Waals surface area contributed by atoms with Crippen LogP contribution in [0.4, 0.5) is 0 Å². The third-order valence-corrected chi connectivity index (χ3v) is 3.91. The number of pyridine rings is 1. The summed E-state index contributed by atoms with van der Waals surface area (Å²) in [6.07, 6.45) is 3.54. The maximum absolute atomic E-state index is 9.69. The van der Waals surface area contributed by atoms with E-state index in [1.165, 1.54) is 0 Å². The predicted octanol–water partition coefficient (Wildman–Crippen LogP) is 1.86. The third kappa shape index (κ3) is 1.84. The Hall–Kier alpha value is -2.63. The first-order valence-corrected chi connectivity index (χ1v) is 7.06. The molecule has 0 saturated heterocycles. The minimum absolute atomic E-state index is 0.511. The van der Waals surface area contributed by atoms with Gasteiger partial charge in [0, 0.05) is 17.0 Å². The van der Waals surface area contributed by atoms with E-state index in [0.717, 1.165) is 27.5 Å². The van der Waals surface area contributed by atoms with Gasteiger partial charge in [0.2, 0.25) is 0 Å². The van der Waals surface area contributed by atoms with E-state index in [-0.39, 0.29) is 0 Å². The third-order valence-electron chi connectivity index (χ3n) is 3.91. The van der Waals surface area contributed by atoms with Gasteiger partial charge < -0.3 is 14.6 Å². The number of nitrogens with zero attached hydrogens (tertiary/aromatic N) is 2. The summed E-state index contributed by atoms with van der Waals surface area (Å²) in [6.45, 7) is 0. The van der Waals surface area contributed by atoms with Gasteiger partial charge >= 0.3 is 7.12 Å². The number of fused-ring (bicyclic) bond motifs is 3. The molecule has 0 unspecified atom stereocenters. The van der Waals surface area contributed by atoms with E-state index in [2.05, 4.69) is 9.55 Å². The second kappa shape index (κ2) is 4.98. The maximum Gasteiger partial charge on any atom is 0.489 e. The van der Waals surface area contributed by atoms with Gasteiger partial charge in [-0.25, -0.2) is 0 Å². The molecule has 4 aromatic rings. The highest BCUT2D eigenvalue weighted by atomic mass is 16.4. The van der Waals surface area contributed by atoms with Gasteiger partial charge in [-0.2, -0.15) is 0 Å². The molecule has 2 heterocycles. The van der Waals surface area contributed by atoms with Crippen molar-refractivity contribution >= 4 is 34.4 Å². The Kier molecular flexibility index (Phi) is 2.96. The SMILES string of the molecule is OB(O)c1cccc2c1c1ccccc1n2-c1cccnc1. The quantitative estimate of drug-likeness (QED) is 0.553. The van der Waals surface area contributed by atoms with Crippen LogP contribution >= 0.6 is 0 Å². The van der Waals surface area contributed by atoms with Crippen molar-refractivity contribution in [1.29, 1.82) is 0 Å². The fourth-order valence-electron chi connectivity index (χ4n) is 3.03. The van der Waals surface area contributed by atoms with Crippen molar-refractivity contribution in [2.75, 3.05) is 0 Å². The lowest BCUT2D eigenvalue weighted by Crippen LogP contribution is -2.30. The Morgan fingerprint density at radius 3 is 2.45 bits per heavy atom. The van der Waals surface area contributed by atoms with Crippen LogP contribution in [0.25, 0.3) is 27.5 Å². The summed E-state index contributed by atoms with van der Waals surface area (Å²) in [5.41, 5.74) is 3.40. The number of hydrogen-bond acceptors (Lipinski definition) is 3. The Labute approximate surface area is 127 Å². The van der Waals surface area contributed by atoms with Crippen LogP contribution in [0.5, 0.6) is 0 Å². The lowest BCUT2D eigenvalue weighted by molar-refractivity contribution is 0.426. The standard InChI is InChI=1S/C17H13BN2O2/c21-18(22)14-7-3-9-16-17(14)13-6-1-2-8-15(13)20(16)12-5-4-10-19-11-12/h1-11,21-22H. The van der Waals surface area contributed by atoms with E-state index in [1.807, 2.05) is 48.5 Å². The predicted molar refractivity (Wildman–Crippen MR) is 88.4 cm³/mol. The normalized spacial score (nSPS) is 11.2. The maximum atomic E-state index is 9.69. The number of aromatic nitrogens is 2. The Balaban J connectivity index is 2.22. The molecule has 0 radical (unpaired) electrons. The molecule has 2 N–H and O–H groups in total. The van der Waals surface area contributed by atoms with E-state index in [0.29, 0.717) is 5.46 Å². The van der Waals surface area contributed by atoms with Crippen LogP contribution in [-0.4, -0.2) is 26.7 Å². The zero-order chi connectivity index (χ0) is 15.1. The van der Waals surface area contributed by atoms with Gasteiger partial charge in [0.15, 0.2) is 0 Å². The Morgan fingerprint density at radius 2 is 1.68 bits per heavy atom. The molecule has 4 nitrogen and oxygen atoms in total. The topological polar surface area (TPSA) is 58.3 Å². The number of benzene rings is 2. The highest BCUT2D eigenvalue weighted by Crippen LogP contribution is 2.30. The molecule has 2 aromatic carbocycles. The molecule has 22 heavy (non-hydrogen) atoms. The molecule has 0 aliphatic carbocycles. The van der Waals surface area contributed by atoms with Crippen LogP contribution in [0.2, 0.25) is 0 Å². The minimum Gasteiger partial charge on any atom is -0.423 e. The molecule has 0 aliphatic heterocycles. The molecule has 2 aromatic heterocycles. The second-order valence-electron chi connectivity index (χ2n) is 5.18. The van der Waals surface area contributed by atoms with Crippen LogP contribution < -0.4 is 5.46 Å². The summed E-state index contributed by atoms with van der Waals surface area (Å²) in [6, 6.07) is 17.4. The molecular formula is C17H13BN2O2. The van der Waals surface area contributed by atoms with E-state index >= 15 is 0 Å². The van der Waals surface area contributed by atoms with Crippen LogP contribution in [-0.2, 0) is 0 Å². The average Bonchev–Trinajstić information content (AvgIpc) is 2.90. The molecule has 0 fully saturated rings. The molecule has 0 bridgehead atoms. The lowest BCUT2D eigenvalue weighted by atomic mass is 9.77. The van der Waals surface area contributed by atoms with Crippen LogP contribution in [0.1, 0.15) is 0 Å². The summed E-state index contributed by atoms with van der Waals surface area (Å²) in [5, 5.41) is 21.2. The molecule has 4 rings (SSSR count). The Morgan fingerprint density at radius 1 is 0.864 bits per heavy atom. The van der Waals surface area contributed by atoms with E-state index < -0.39 is 7.12 Å². The van der Waals surface area contributed by atoms with Gasteiger partial charge in [-0.15, -0.1) is 0 Å². The molecule has 0 spiro atoms. The summed E-state index contributed by atoms with van der Waals surface area (Å²) in [5.74, 6) is 0.